The fraction of sp³-hybridized carbons (Fsp3) is 1.00. The first-order valence-electron chi connectivity index (χ1n) is 0.816. The minimum atomic E-state index is 0. The van der Waals surface area contributed by atoms with Crippen LogP contribution < -0.4 is 0 Å². The molecular formula is C2H9BO. The summed E-state index contributed by atoms with van der Waals surface area (Å²) >= 11 is 0. The topological polar surface area (TPSA) is 9.23 Å². The average Bonchev–Trinajstić information content (AvgIpc) is 0.918. The van der Waals surface area contributed by atoms with Gasteiger partial charge in [0.15, 0.2) is 0 Å². The molecule has 0 saturated heterocycles. The van der Waals surface area contributed by atoms with Crippen LogP contribution in [0.25, 0.3) is 0 Å². The molecule has 1 nitrogen and oxygen atoms in total. The SMILES string of the molecule is B.COC. The lowest BCUT2D eigenvalue weighted by Crippen LogP contribution is -1.55. The molecule has 0 aliphatic carbocycles. The number of hydrogen-bond acceptors (Lipinski definition) is 1. The molecule has 0 amide bonds. The van der Waals surface area contributed by atoms with E-state index in [2.05, 4.69) is 4.74 Å². The van der Waals surface area contributed by atoms with Gasteiger partial charge in [-0.1, -0.05) is 0 Å². The predicted octanol–water partition coefficient (Wildman–Crippen LogP) is -0.921. The van der Waals surface area contributed by atoms with E-state index in [1.165, 1.54) is 0 Å². The lowest BCUT2D eigenvalue weighted by Gasteiger charge is -1.61. The van der Waals surface area contributed by atoms with Gasteiger partial charge < -0.3 is 4.74 Å². The van der Waals surface area contributed by atoms with Gasteiger partial charge in [-0.15, -0.1) is 0 Å². The summed E-state index contributed by atoms with van der Waals surface area (Å²) in [6, 6.07) is 0. The first kappa shape index (κ1) is 8.98. The van der Waals surface area contributed by atoms with E-state index >= 15 is 0 Å². The predicted molar refractivity (Wildman–Crippen MR) is 22.9 cm³/mol. The highest BCUT2D eigenvalue weighted by Crippen LogP contribution is 1.28. The van der Waals surface area contributed by atoms with Crippen molar-refractivity contribution in [1.82, 2.24) is 0 Å². The van der Waals surface area contributed by atoms with Gasteiger partial charge in [-0.2, -0.15) is 0 Å². The first-order chi connectivity index (χ1) is 1.41. The number of methoxy groups -OCH3 is 1. The largest absolute Gasteiger partial charge is 0.388 e. The maximum Gasteiger partial charge on any atom is 0.0814 e. The molecule has 4 heavy (non-hydrogen) atoms. The van der Waals surface area contributed by atoms with Gasteiger partial charge in [0.2, 0.25) is 0 Å². The second-order valence-electron chi connectivity index (χ2n) is 0.408. The third kappa shape index (κ3) is 3420. The van der Waals surface area contributed by atoms with Crippen LogP contribution in [0.15, 0.2) is 0 Å². The van der Waals surface area contributed by atoms with Crippen LogP contribution in [0.1, 0.15) is 0 Å². The molecule has 0 aromatic heterocycles. The Labute approximate surface area is 28.5 Å². The molecule has 0 radical (unpaired) electrons. The molecule has 0 aromatic carbocycles. The van der Waals surface area contributed by atoms with Crippen LogP contribution in [0.2, 0.25) is 0 Å². The van der Waals surface area contributed by atoms with Crippen molar-refractivity contribution in [2.45, 2.75) is 0 Å². The molecule has 0 spiro atoms. The van der Waals surface area contributed by atoms with Crippen LogP contribution >= 0.6 is 0 Å². The van der Waals surface area contributed by atoms with Gasteiger partial charge in [0.1, 0.15) is 0 Å². The zero-order chi connectivity index (χ0) is 2.71. The molecule has 0 atom stereocenters. The van der Waals surface area contributed by atoms with Gasteiger partial charge in [-0.3, -0.25) is 0 Å². The van der Waals surface area contributed by atoms with E-state index in [0.717, 1.165) is 0 Å². The number of rotatable bonds is 0. The zero-order valence-electron chi connectivity index (χ0n) is 2.41. The Hall–Kier alpha value is 0.0249. The summed E-state index contributed by atoms with van der Waals surface area (Å²) in [4.78, 5) is 0. The van der Waals surface area contributed by atoms with Gasteiger partial charge in [0.05, 0.1) is 8.41 Å². The van der Waals surface area contributed by atoms with Gasteiger partial charge in [-0.05, 0) is 0 Å². The molecule has 0 rings (SSSR count). The lowest BCUT2D eigenvalue weighted by molar-refractivity contribution is 0.277. The minimum Gasteiger partial charge on any atom is -0.388 e. The highest BCUT2D eigenvalue weighted by Gasteiger charge is 1.25. The summed E-state index contributed by atoms with van der Waals surface area (Å²) in [5.74, 6) is 0. The maximum atomic E-state index is 4.25. The van der Waals surface area contributed by atoms with Gasteiger partial charge >= 0.3 is 0 Å². The Morgan fingerprint density at radius 3 is 1.25 bits per heavy atom. The third-order valence-corrected chi connectivity index (χ3v) is 0. The van der Waals surface area contributed by atoms with E-state index in [1.807, 2.05) is 0 Å². The maximum absolute atomic E-state index is 4.25. The van der Waals surface area contributed by atoms with E-state index in [0.29, 0.717) is 0 Å². The summed E-state index contributed by atoms with van der Waals surface area (Å²) in [6.45, 7) is 0. The Morgan fingerprint density at radius 2 is 1.25 bits per heavy atom. The average molecular weight is 59.9 g/mol. The van der Waals surface area contributed by atoms with Crippen molar-refractivity contribution in [3.63, 3.8) is 0 Å². The molecule has 0 bridgehead atoms. The quantitative estimate of drug-likeness (QED) is 0.328. The molecule has 0 N–H and O–H groups in total. The van der Waals surface area contributed by atoms with E-state index in [4.69, 9.17) is 0 Å². The van der Waals surface area contributed by atoms with Crippen molar-refractivity contribution in [2.75, 3.05) is 14.2 Å². The monoisotopic (exact) mass is 60.1 g/mol. The molecule has 2 heteroatoms. The summed E-state index contributed by atoms with van der Waals surface area (Å²) in [6.07, 6.45) is 0. The molecule has 0 aliphatic rings. The Balaban J connectivity index is 0. The van der Waals surface area contributed by atoms with Crippen LogP contribution in [0.4, 0.5) is 0 Å². The standard InChI is InChI=1S/C2H6O.BH3/c1-3-2;/h1-2H3;1H3. The molecule has 26 valence electrons. The van der Waals surface area contributed by atoms with Crippen molar-refractivity contribution in [3.05, 3.63) is 0 Å². The third-order valence-electron chi connectivity index (χ3n) is 0. The highest BCUT2D eigenvalue weighted by molar-refractivity contribution is 5.75. The molecule has 0 unspecified atom stereocenters. The first-order valence-corrected chi connectivity index (χ1v) is 0.816. The fourth-order valence-electron chi connectivity index (χ4n) is 0. The van der Waals surface area contributed by atoms with E-state index in [-0.39, 0.29) is 8.41 Å². The van der Waals surface area contributed by atoms with Crippen molar-refractivity contribution in [1.29, 1.82) is 0 Å². The molecule has 0 saturated carbocycles. The second-order valence-corrected chi connectivity index (χ2v) is 0.408. The second kappa shape index (κ2) is 11.8. The smallest absolute Gasteiger partial charge is 0.0814 e. The summed E-state index contributed by atoms with van der Waals surface area (Å²) in [5, 5.41) is 0. The Kier molecular flexibility index (Phi) is 26.5. The molecular weight excluding hydrogens is 50.8 g/mol. The number of ether oxygens (including phenoxy) is 1. The van der Waals surface area contributed by atoms with Gasteiger partial charge in [0.25, 0.3) is 0 Å². The summed E-state index contributed by atoms with van der Waals surface area (Å²) in [7, 11) is 3.25. The van der Waals surface area contributed by atoms with Gasteiger partial charge in [-0.25, -0.2) is 0 Å². The Bertz CT molecular complexity index is 6.00. The van der Waals surface area contributed by atoms with Crippen molar-refractivity contribution in [3.8, 4) is 0 Å². The van der Waals surface area contributed by atoms with Crippen LogP contribution in [0, 0.1) is 0 Å². The van der Waals surface area contributed by atoms with Crippen molar-refractivity contribution < 1.29 is 4.74 Å². The van der Waals surface area contributed by atoms with Gasteiger partial charge in [0, 0.05) is 14.2 Å². The van der Waals surface area contributed by atoms with Crippen LogP contribution in [0.3, 0.4) is 0 Å². The minimum absolute atomic E-state index is 0. The molecule has 0 heterocycles. The fourth-order valence-corrected chi connectivity index (χ4v) is 0. The summed E-state index contributed by atoms with van der Waals surface area (Å²) < 4.78 is 4.25. The van der Waals surface area contributed by atoms with Crippen LogP contribution in [0.5, 0.6) is 0 Å². The highest BCUT2D eigenvalue weighted by atomic mass is 16.4. The molecule has 0 fully saturated rings. The van der Waals surface area contributed by atoms with E-state index in [1.54, 1.807) is 14.2 Å². The van der Waals surface area contributed by atoms with Crippen molar-refractivity contribution in [2.24, 2.45) is 0 Å². The van der Waals surface area contributed by atoms with E-state index in [9.17, 15) is 0 Å². The summed E-state index contributed by atoms with van der Waals surface area (Å²) in [5.41, 5.74) is 0. The molecule has 0 aliphatic heterocycles. The zero-order valence-corrected chi connectivity index (χ0v) is 2.41. The normalized spacial score (nSPS) is 4.50. The Morgan fingerprint density at radius 1 is 1.25 bits per heavy atom. The van der Waals surface area contributed by atoms with E-state index < -0.39 is 0 Å². The molecule has 0 aromatic rings. The lowest BCUT2D eigenvalue weighted by atomic mass is 10.8. The van der Waals surface area contributed by atoms with Crippen LogP contribution in [-0.4, -0.2) is 22.6 Å². The van der Waals surface area contributed by atoms with Crippen molar-refractivity contribution >= 4 is 8.41 Å². The van der Waals surface area contributed by atoms with Crippen LogP contribution in [-0.2, 0) is 4.74 Å². The number of hydrogen-bond donors (Lipinski definition) is 0.